The summed E-state index contributed by atoms with van der Waals surface area (Å²) >= 11 is 0. The molecule has 1 atom stereocenters. The molecule has 0 radical (unpaired) electrons. The Labute approximate surface area is 94.9 Å². The van der Waals surface area contributed by atoms with Crippen molar-refractivity contribution < 1.29 is 9.63 Å². The second-order valence-corrected chi connectivity index (χ2v) is 3.89. The molecule has 4 nitrogen and oxygen atoms in total. The van der Waals surface area contributed by atoms with Gasteiger partial charge in [-0.15, -0.1) is 0 Å². The molecule has 0 spiro atoms. The van der Waals surface area contributed by atoms with E-state index in [9.17, 15) is 4.79 Å². The third kappa shape index (κ3) is 3.05. The van der Waals surface area contributed by atoms with Gasteiger partial charge in [0, 0.05) is 0 Å². The summed E-state index contributed by atoms with van der Waals surface area (Å²) < 4.78 is 0. The van der Waals surface area contributed by atoms with Gasteiger partial charge in [0.25, 0.3) is 5.91 Å². The molecular formula is C12H16N2O2. The smallest absolute Gasteiger partial charge is 0.260 e. The number of hydroxylamine groups is 1. The standard InChI is InChI=1S/C12H16N2O2/c15-12(11-7-4-8-13-11)14-16-9-10-5-2-1-3-6-10/h1-3,5-6,11,13H,4,7-9H2,(H,14,15)/t11-/m1/s1. The lowest BCUT2D eigenvalue weighted by molar-refractivity contribution is -0.136. The van der Waals surface area contributed by atoms with Crippen LogP contribution in [0.5, 0.6) is 0 Å². The number of amides is 1. The molecular weight excluding hydrogens is 204 g/mol. The van der Waals surface area contributed by atoms with E-state index in [-0.39, 0.29) is 11.9 Å². The van der Waals surface area contributed by atoms with Gasteiger partial charge in [0.1, 0.15) is 0 Å². The highest BCUT2D eigenvalue weighted by molar-refractivity contribution is 5.80. The average molecular weight is 220 g/mol. The monoisotopic (exact) mass is 220 g/mol. The first kappa shape index (κ1) is 11.1. The van der Waals surface area contributed by atoms with Crippen LogP contribution in [0, 0.1) is 0 Å². The lowest BCUT2D eigenvalue weighted by Crippen LogP contribution is -2.40. The Hall–Kier alpha value is -1.39. The minimum absolute atomic E-state index is 0.0755. The van der Waals surface area contributed by atoms with Crippen molar-refractivity contribution in [2.45, 2.75) is 25.5 Å². The number of carbonyl (C=O) groups excluding carboxylic acids is 1. The SMILES string of the molecule is O=C(NOCc1ccccc1)[C@H]1CCCN1. The van der Waals surface area contributed by atoms with Gasteiger partial charge in [-0.25, -0.2) is 5.48 Å². The molecule has 1 aliphatic rings. The van der Waals surface area contributed by atoms with E-state index < -0.39 is 0 Å². The predicted octanol–water partition coefficient (Wildman–Crippen LogP) is 0.986. The molecule has 2 N–H and O–H groups in total. The highest BCUT2D eigenvalue weighted by Crippen LogP contribution is 2.05. The minimum atomic E-state index is -0.0872. The molecule has 0 unspecified atom stereocenters. The summed E-state index contributed by atoms with van der Waals surface area (Å²) in [5.74, 6) is -0.0755. The van der Waals surface area contributed by atoms with Crippen molar-refractivity contribution in [3.05, 3.63) is 35.9 Å². The number of benzene rings is 1. The van der Waals surface area contributed by atoms with Crippen molar-refractivity contribution in [2.75, 3.05) is 6.54 Å². The quantitative estimate of drug-likeness (QED) is 0.744. The topological polar surface area (TPSA) is 50.4 Å². The molecule has 1 amide bonds. The maximum absolute atomic E-state index is 11.5. The zero-order valence-electron chi connectivity index (χ0n) is 9.11. The fourth-order valence-electron chi connectivity index (χ4n) is 1.74. The van der Waals surface area contributed by atoms with Gasteiger partial charge in [-0.05, 0) is 24.9 Å². The van der Waals surface area contributed by atoms with Crippen molar-refractivity contribution in [3.63, 3.8) is 0 Å². The fraction of sp³-hybridized carbons (Fsp3) is 0.417. The van der Waals surface area contributed by atoms with Crippen LogP contribution < -0.4 is 10.8 Å². The van der Waals surface area contributed by atoms with Gasteiger partial charge in [0.15, 0.2) is 0 Å². The van der Waals surface area contributed by atoms with Crippen LogP contribution >= 0.6 is 0 Å². The largest absolute Gasteiger partial charge is 0.306 e. The number of rotatable bonds is 4. The van der Waals surface area contributed by atoms with E-state index in [2.05, 4.69) is 10.8 Å². The summed E-state index contributed by atoms with van der Waals surface area (Å²) in [4.78, 5) is 16.7. The molecule has 4 heteroatoms. The third-order valence-electron chi connectivity index (χ3n) is 2.63. The molecule has 1 saturated heterocycles. The van der Waals surface area contributed by atoms with Crippen molar-refractivity contribution >= 4 is 5.91 Å². The number of hydrogen-bond donors (Lipinski definition) is 2. The summed E-state index contributed by atoms with van der Waals surface area (Å²) in [6, 6.07) is 9.67. The van der Waals surface area contributed by atoms with E-state index in [1.165, 1.54) is 0 Å². The number of nitrogens with one attached hydrogen (secondary N) is 2. The molecule has 16 heavy (non-hydrogen) atoms. The normalized spacial score (nSPS) is 19.6. The van der Waals surface area contributed by atoms with Gasteiger partial charge >= 0.3 is 0 Å². The highest BCUT2D eigenvalue weighted by Gasteiger charge is 2.21. The van der Waals surface area contributed by atoms with Crippen LogP contribution in [0.4, 0.5) is 0 Å². The average Bonchev–Trinajstić information content (AvgIpc) is 2.84. The maximum atomic E-state index is 11.5. The Morgan fingerprint density at radius 3 is 2.94 bits per heavy atom. The predicted molar refractivity (Wildman–Crippen MR) is 60.4 cm³/mol. The van der Waals surface area contributed by atoms with E-state index in [1.54, 1.807) is 0 Å². The van der Waals surface area contributed by atoms with Gasteiger partial charge in [0.05, 0.1) is 12.6 Å². The summed E-state index contributed by atoms with van der Waals surface area (Å²) in [5, 5.41) is 3.11. The molecule has 86 valence electrons. The molecule has 0 bridgehead atoms. The van der Waals surface area contributed by atoms with E-state index in [1.807, 2.05) is 30.3 Å². The molecule has 0 aliphatic carbocycles. The summed E-state index contributed by atoms with van der Waals surface area (Å²) in [6.45, 7) is 1.32. The lowest BCUT2D eigenvalue weighted by Gasteiger charge is -2.10. The van der Waals surface area contributed by atoms with E-state index in [0.29, 0.717) is 6.61 Å². The van der Waals surface area contributed by atoms with Crippen LogP contribution in [0.1, 0.15) is 18.4 Å². The first-order chi connectivity index (χ1) is 7.86. The highest BCUT2D eigenvalue weighted by atomic mass is 16.6. The summed E-state index contributed by atoms with van der Waals surface area (Å²) in [7, 11) is 0. The second kappa shape index (κ2) is 5.63. The van der Waals surface area contributed by atoms with Gasteiger partial charge in [-0.2, -0.15) is 0 Å². The van der Waals surface area contributed by atoms with Crippen LogP contribution in [0.3, 0.4) is 0 Å². The number of carbonyl (C=O) groups is 1. The van der Waals surface area contributed by atoms with Gasteiger partial charge in [-0.1, -0.05) is 30.3 Å². The Bertz CT molecular complexity index is 334. The first-order valence-electron chi connectivity index (χ1n) is 5.55. The van der Waals surface area contributed by atoms with Crippen molar-refractivity contribution in [1.29, 1.82) is 0 Å². The Kier molecular flexibility index (Phi) is 3.91. The Balaban J connectivity index is 1.70. The van der Waals surface area contributed by atoms with Crippen LogP contribution in [0.25, 0.3) is 0 Å². The maximum Gasteiger partial charge on any atom is 0.260 e. The first-order valence-corrected chi connectivity index (χ1v) is 5.55. The zero-order chi connectivity index (χ0) is 11.2. The molecule has 0 saturated carbocycles. The Morgan fingerprint density at radius 2 is 2.25 bits per heavy atom. The van der Waals surface area contributed by atoms with E-state index in [4.69, 9.17) is 4.84 Å². The van der Waals surface area contributed by atoms with E-state index in [0.717, 1.165) is 24.9 Å². The van der Waals surface area contributed by atoms with Gasteiger partial charge in [0.2, 0.25) is 0 Å². The van der Waals surface area contributed by atoms with E-state index >= 15 is 0 Å². The Morgan fingerprint density at radius 1 is 1.44 bits per heavy atom. The summed E-state index contributed by atoms with van der Waals surface area (Å²) in [5.41, 5.74) is 3.52. The lowest BCUT2D eigenvalue weighted by atomic mass is 10.2. The molecule has 1 heterocycles. The van der Waals surface area contributed by atoms with Gasteiger partial charge in [-0.3, -0.25) is 9.63 Å². The van der Waals surface area contributed by atoms with Crippen molar-refractivity contribution in [2.24, 2.45) is 0 Å². The minimum Gasteiger partial charge on any atom is -0.306 e. The molecule has 0 aromatic heterocycles. The molecule has 1 aromatic carbocycles. The molecule has 1 aliphatic heterocycles. The third-order valence-corrected chi connectivity index (χ3v) is 2.63. The number of hydrogen-bond acceptors (Lipinski definition) is 3. The van der Waals surface area contributed by atoms with Crippen LogP contribution in [-0.4, -0.2) is 18.5 Å². The van der Waals surface area contributed by atoms with Gasteiger partial charge < -0.3 is 5.32 Å². The van der Waals surface area contributed by atoms with Crippen molar-refractivity contribution in [1.82, 2.24) is 10.8 Å². The molecule has 2 rings (SSSR count). The van der Waals surface area contributed by atoms with Crippen LogP contribution in [0.15, 0.2) is 30.3 Å². The van der Waals surface area contributed by atoms with Crippen molar-refractivity contribution in [3.8, 4) is 0 Å². The molecule has 1 fully saturated rings. The fourth-order valence-corrected chi connectivity index (χ4v) is 1.74. The van der Waals surface area contributed by atoms with Crippen LogP contribution in [0.2, 0.25) is 0 Å². The molecule has 1 aromatic rings. The second-order valence-electron chi connectivity index (χ2n) is 3.89. The zero-order valence-corrected chi connectivity index (χ0v) is 9.11. The van der Waals surface area contributed by atoms with Crippen LogP contribution in [-0.2, 0) is 16.2 Å². The summed E-state index contributed by atoms with van der Waals surface area (Å²) in [6.07, 6.45) is 1.94.